The normalized spacial score (nSPS) is 11.3. The van der Waals surface area contributed by atoms with Gasteiger partial charge < -0.3 is 14.8 Å². The van der Waals surface area contributed by atoms with Crippen LogP contribution in [0.4, 0.5) is 0 Å². The van der Waals surface area contributed by atoms with E-state index in [0.29, 0.717) is 5.56 Å². The lowest BCUT2D eigenvalue weighted by molar-refractivity contribution is -0.145. The number of nitrogens with one attached hydrogen (secondary N) is 1. The van der Waals surface area contributed by atoms with Crippen molar-refractivity contribution in [3.8, 4) is 11.1 Å². The van der Waals surface area contributed by atoms with Crippen LogP contribution < -0.4 is 5.32 Å². The van der Waals surface area contributed by atoms with Crippen LogP contribution in [0.2, 0.25) is 0 Å². The Labute approximate surface area is 180 Å². The Bertz CT molecular complexity index is 1020. The maximum absolute atomic E-state index is 12.3. The van der Waals surface area contributed by atoms with Gasteiger partial charge in [-0.2, -0.15) is 0 Å². The van der Waals surface area contributed by atoms with Crippen LogP contribution in [0.5, 0.6) is 0 Å². The van der Waals surface area contributed by atoms with E-state index in [9.17, 15) is 14.4 Å². The summed E-state index contributed by atoms with van der Waals surface area (Å²) >= 11 is 0. The van der Waals surface area contributed by atoms with Gasteiger partial charge in [0.25, 0.3) is 5.91 Å². The minimum Gasteiger partial charge on any atom is -0.467 e. The molecule has 6 heteroatoms. The van der Waals surface area contributed by atoms with Crippen molar-refractivity contribution in [2.45, 2.75) is 12.5 Å². The standard InChI is InChI=1S/C25H23NO5/c1-30-25(29)22(16-18-8-4-2-5-9-18)26-23(27)17-31-24(28)21-14-12-20(13-15-21)19-10-6-3-7-11-19/h2-15,22H,16-17H2,1H3,(H,26,27)/t22-/m0/s1. The summed E-state index contributed by atoms with van der Waals surface area (Å²) < 4.78 is 9.86. The van der Waals surface area contributed by atoms with Crippen LogP contribution in [0.15, 0.2) is 84.9 Å². The molecule has 0 radical (unpaired) electrons. The Morgan fingerprint density at radius 2 is 1.39 bits per heavy atom. The van der Waals surface area contributed by atoms with E-state index in [1.807, 2.05) is 72.8 Å². The summed E-state index contributed by atoms with van der Waals surface area (Å²) in [5, 5.41) is 2.56. The number of carbonyl (C=O) groups is 3. The minimum atomic E-state index is -0.872. The van der Waals surface area contributed by atoms with Gasteiger partial charge in [0.2, 0.25) is 0 Å². The molecule has 158 valence electrons. The van der Waals surface area contributed by atoms with Crippen LogP contribution in [-0.4, -0.2) is 37.6 Å². The Kier molecular flexibility index (Phi) is 7.54. The molecule has 1 amide bonds. The van der Waals surface area contributed by atoms with Gasteiger partial charge in [0.15, 0.2) is 6.61 Å². The highest BCUT2D eigenvalue weighted by Gasteiger charge is 2.22. The van der Waals surface area contributed by atoms with Crippen molar-refractivity contribution in [3.63, 3.8) is 0 Å². The molecule has 0 saturated carbocycles. The highest BCUT2D eigenvalue weighted by atomic mass is 16.5. The smallest absolute Gasteiger partial charge is 0.338 e. The third-order valence-corrected chi connectivity index (χ3v) is 4.67. The second-order valence-corrected chi connectivity index (χ2v) is 6.85. The predicted molar refractivity (Wildman–Crippen MR) is 116 cm³/mol. The van der Waals surface area contributed by atoms with Gasteiger partial charge in [-0.15, -0.1) is 0 Å². The molecule has 0 bridgehead atoms. The van der Waals surface area contributed by atoms with Crippen LogP contribution in [0, 0.1) is 0 Å². The Morgan fingerprint density at radius 1 is 0.806 bits per heavy atom. The Morgan fingerprint density at radius 3 is 2.00 bits per heavy atom. The number of hydrogen-bond donors (Lipinski definition) is 1. The number of ether oxygens (including phenoxy) is 2. The average molecular weight is 417 g/mol. The summed E-state index contributed by atoms with van der Waals surface area (Å²) in [4.78, 5) is 36.5. The fraction of sp³-hybridized carbons (Fsp3) is 0.160. The number of rotatable bonds is 8. The second-order valence-electron chi connectivity index (χ2n) is 6.85. The van der Waals surface area contributed by atoms with E-state index in [4.69, 9.17) is 9.47 Å². The number of hydrogen-bond acceptors (Lipinski definition) is 5. The molecule has 3 aromatic carbocycles. The van der Waals surface area contributed by atoms with Gasteiger partial charge in [-0.05, 0) is 28.8 Å². The lowest BCUT2D eigenvalue weighted by Gasteiger charge is -2.16. The third-order valence-electron chi connectivity index (χ3n) is 4.67. The van der Waals surface area contributed by atoms with Crippen molar-refractivity contribution in [3.05, 3.63) is 96.1 Å². The Hall–Kier alpha value is -3.93. The maximum Gasteiger partial charge on any atom is 0.338 e. The maximum atomic E-state index is 12.3. The molecule has 3 aromatic rings. The second kappa shape index (κ2) is 10.7. The van der Waals surface area contributed by atoms with Crippen LogP contribution in [0.3, 0.4) is 0 Å². The molecular weight excluding hydrogens is 394 g/mol. The highest BCUT2D eigenvalue weighted by molar-refractivity contribution is 5.92. The molecule has 6 nitrogen and oxygen atoms in total. The van der Waals surface area contributed by atoms with Crippen molar-refractivity contribution >= 4 is 17.8 Å². The van der Waals surface area contributed by atoms with E-state index in [0.717, 1.165) is 16.7 Å². The van der Waals surface area contributed by atoms with Gasteiger partial charge in [0.1, 0.15) is 6.04 Å². The fourth-order valence-corrected chi connectivity index (χ4v) is 3.07. The predicted octanol–water partition coefficient (Wildman–Crippen LogP) is 3.41. The monoisotopic (exact) mass is 417 g/mol. The van der Waals surface area contributed by atoms with Crippen molar-refractivity contribution in [1.29, 1.82) is 0 Å². The molecule has 0 saturated heterocycles. The summed E-state index contributed by atoms with van der Waals surface area (Å²) in [6.07, 6.45) is 0.272. The van der Waals surface area contributed by atoms with Gasteiger partial charge in [-0.25, -0.2) is 9.59 Å². The van der Waals surface area contributed by atoms with Crippen molar-refractivity contribution in [2.75, 3.05) is 13.7 Å². The third kappa shape index (κ3) is 6.27. The van der Waals surface area contributed by atoms with Gasteiger partial charge in [-0.3, -0.25) is 4.79 Å². The fourth-order valence-electron chi connectivity index (χ4n) is 3.07. The Balaban J connectivity index is 1.55. The van der Waals surface area contributed by atoms with Crippen LogP contribution in [0.1, 0.15) is 15.9 Å². The SMILES string of the molecule is COC(=O)[C@H](Cc1ccccc1)NC(=O)COC(=O)c1ccc(-c2ccccc2)cc1. The van der Waals surface area contributed by atoms with Crippen LogP contribution >= 0.6 is 0 Å². The first-order valence-corrected chi connectivity index (χ1v) is 9.80. The summed E-state index contributed by atoms with van der Waals surface area (Å²) in [7, 11) is 1.26. The van der Waals surface area contributed by atoms with E-state index in [1.165, 1.54) is 7.11 Å². The van der Waals surface area contributed by atoms with Crippen molar-refractivity contribution in [1.82, 2.24) is 5.32 Å². The quantitative estimate of drug-likeness (QED) is 0.568. The molecule has 0 heterocycles. The highest BCUT2D eigenvalue weighted by Crippen LogP contribution is 2.19. The zero-order valence-corrected chi connectivity index (χ0v) is 17.1. The molecule has 31 heavy (non-hydrogen) atoms. The molecule has 0 fully saturated rings. The first-order chi connectivity index (χ1) is 15.1. The van der Waals surface area contributed by atoms with Gasteiger partial charge >= 0.3 is 11.9 Å². The number of benzene rings is 3. The molecule has 3 rings (SSSR count). The number of methoxy groups -OCH3 is 1. The van der Waals surface area contributed by atoms with Gasteiger partial charge in [-0.1, -0.05) is 72.8 Å². The number of esters is 2. The van der Waals surface area contributed by atoms with Gasteiger partial charge in [0.05, 0.1) is 12.7 Å². The molecular formula is C25H23NO5. The summed E-state index contributed by atoms with van der Waals surface area (Å²) in [5.74, 6) is -1.77. The molecule has 0 spiro atoms. The molecule has 1 atom stereocenters. The lowest BCUT2D eigenvalue weighted by atomic mass is 10.0. The summed E-state index contributed by atoms with van der Waals surface area (Å²) in [6, 6.07) is 25.1. The molecule has 1 N–H and O–H groups in total. The molecule has 0 unspecified atom stereocenters. The van der Waals surface area contributed by atoms with Crippen LogP contribution in [-0.2, 0) is 25.5 Å². The first-order valence-electron chi connectivity index (χ1n) is 9.80. The van der Waals surface area contributed by atoms with E-state index in [-0.39, 0.29) is 6.42 Å². The summed E-state index contributed by atoms with van der Waals surface area (Å²) in [5.41, 5.74) is 3.21. The average Bonchev–Trinajstić information content (AvgIpc) is 2.83. The number of carbonyl (C=O) groups excluding carboxylic acids is 3. The van der Waals surface area contributed by atoms with E-state index >= 15 is 0 Å². The largest absolute Gasteiger partial charge is 0.467 e. The lowest BCUT2D eigenvalue weighted by Crippen LogP contribution is -2.44. The molecule has 0 aliphatic carbocycles. The minimum absolute atomic E-state index is 0.272. The summed E-state index contributed by atoms with van der Waals surface area (Å²) in [6.45, 7) is -0.498. The van der Waals surface area contributed by atoms with E-state index in [1.54, 1.807) is 12.1 Å². The molecule has 0 aromatic heterocycles. The van der Waals surface area contributed by atoms with E-state index < -0.39 is 30.5 Å². The van der Waals surface area contributed by atoms with Crippen molar-refractivity contribution in [2.24, 2.45) is 0 Å². The van der Waals surface area contributed by atoms with Gasteiger partial charge in [0, 0.05) is 6.42 Å². The molecule has 0 aliphatic rings. The van der Waals surface area contributed by atoms with E-state index in [2.05, 4.69) is 5.32 Å². The molecule has 0 aliphatic heterocycles. The van der Waals surface area contributed by atoms with Crippen molar-refractivity contribution < 1.29 is 23.9 Å². The van der Waals surface area contributed by atoms with Crippen LogP contribution in [0.25, 0.3) is 11.1 Å². The topological polar surface area (TPSA) is 81.7 Å². The zero-order valence-electron chi connectivity index (χ0n) is 17.1. The first kappa shape index (κ1) is 21.8. The number of amides is 1. The zero-order chi connectivity index (χ0) is 22.1.